The lowest BCUT2D eigenvalue weighted by atomic mass is 10.2. The van der Waals surface area contributed by atoms with E-state index >= 15 is 0 Å². The fourth-order valence-corrected chi connectivity index (χ4v) is 3.20. The number of hydrogen-bond donors (Lipinski definition) is 0. The highest BCUT2D eigenvalue weighted by Crippen LogP contribution is 2.37. The molecular weight excluding hydrogens is 502 g/mol. The summed E-state index contributed by atoms with van der Waals surface area (Å²) in [6.45, 7) is 1.24. The second-order valence-corrected chi connectivity index (χ2v) is 7.13. The van der Waals surface area contributed by atoms with Crippen LogP contribution in [0.2, 0.25) is 5.02 Å². The molecule has 2 aromatic heterocycles. The van der Waals surface area contributed by atoms with Crippen molar-refractivity contribution in [3.8, 4) is 23.1 Å². The number of halogens is 5. The van der Waals surface area contributed by atoms with Gasteiger partial charge in [0.15, 0.2) is 12.4 Å². The van der Waals surface area contributed by atoms with E-state index in [1.165, 1.54) is 18.3 Å². The Morgan fingerprint density at radius 2 is 1.89 bits per heavy atom. The topological polar surface area (TPSA) is 102 Å². The molecule has 0 amide bonds. The number of hydrogen-bond acceptors (Lipinski definition) is 7. The molecule has 0 atom stereocenters. The van der Waals surface area contributed by atoms with E-state index in [9.17, 15) is 31.9 Å². The average molecular weight is 518 g/mol. The van der Waals surface area contributed by atoms with Crippen LogP contribution in [0.25, 0.3) is 5.69 Å². The third-order valence-electron chi connectivity index (χ3n) is 4.45. The van der Waals surface area contributed by atoms with E-state index in [1.807, 2.05) is 0 Å². The van der Waals surface area contributed by atoms with Crippen LogP contribution in [-0.2, 0) is 22.8 Å². The number of carbonyl (C=O) groups excluding carboxylic acids is 1. The van der Waals surface area contributed by atoms with Crippen molar-refractivity contribution in [1.29, 1.82) is 0 Å². The molecule has 186 valence electrons. The first-order chi connectivity index (χ1) is 16.5. The van der Waals surface area contributed by atoms with Crippen LogP contribution in [0.3, 0.4) is 0 Å². The van der Waals surface area contributed by atoms with Gasteiger partial charge >= 0.3 is 17.8 Å². The molecule has 0 bridgehead atoms. The molecule has 3 rings (SSSR count). The molecule has 0 spiro atoms. The fraction of sp³-hybridized carbons (Fsp3) is 0.238. The van der Waals surface area contributed by atoms with Crippen LogP contribution in [0.5, 0.6) is 17.4 Å². The van der Waals surface area contributed by atoms with Gasteiger partial charge in [-0.25, -0.2) is 23.5 Å². The van der Waals surface area contributed by atoms with Gasteiger partial charge in [-0.2, -0.15) is 13.2 Å². The van der Waals surface area contributed by atoms with Gasteiger partial charge in [-0.15, -0.1) is 0 Å². The highest BCUT2D eigenvalue weighted by molar-refractivity contribution is 6.34. The Labute approximate surface area is 199 Å². The van der Waals surface area contributed by atoms with Crippen molar-refractivity contribution >= 4 is 17.6 Å². The third kappa shape index (κ3) is 5.45. The molecule has 0 radical (unpaired) electrons. The molecule has 9 nitrogen and oxygen atoms in total. The fourth-order valence-electron chi connectivity index (χ4n) is 2.92. The molecule has 0 saturated carbocycles. The molecule has 0 aliphatic heterocycles. The standard InChI is InChI=1S/C21H16ClF4N3O6/c1-3-33-16(31)10-34-19-13(5-4-8-27-19)35-12-7-6-11(23)18(17(12)22)29-15(30)9-14(21(24,25)26)28(2)20(29)32/h4-9H,3,10H2,1-2H3. The Bertz CT molecular complexity index is 1390. The van der Waals surface area contributed by atoms with Gasteiger partial charge in [0.1, 0.15) is 28.0 Å². The zero-order chi connectivity index (χ0) is 25.9. The summed E-state index contributed by atoms with van der Waals surface area (Å²) in [6, 6.07) is 4.82. The predicted octanol–water partition coefficient (Wildman–Crippen LogP) is 3.48. The van der Waals surface area contributed by atoms with E-state index in [2.05, 4.69) is 4.98 Å². The van der Waals surface area contributed by atoms with E-state index in [-0.39, 0.29) is 39.2 Å². The van der Waals surface area contributed by atoms with E-state index in [0.29, 0.717) is 0 Å². The van der Waals surface area contributed by atoms with Crippen molar-refractivity contribution in [1.82, 2.24) is 14.1 Å². The molecule has 2 heterocycles. The van der Waals surface area contributed by atoms with Crippen LogP contribution >= 0.6 is 11.6 Å². The quantitative estimate of drug-likeness (QED) is 0.349. The summed E-state index contributed by atoms with van der Waals surface area (Å²) in [4.78, 5) is 40.4. The van der Waals surface area contributed by atoms with E-state index in [0.717, 1.165) is 19.2 Å². The van der Waals surface area contributed by atoms with Gasteiger partial charge in [0, 0.05) is 19.3 Å². The molecule has 0 fully saturated rings. The zero-order valence-electron chi connectivity index (χ0n) is 18.1. The predicted molar refractivity (Wildman–Crippen MR) is 114 cm³/mol. The zero-order valence-corrected chi connectivity index (χ0v) is 18.8. The normalized spacial score (nSPS) is 11.3. The summed E-state index contributed by atoms with van der Waals surface area (Å²) in [6.07, 6.45) is -3.67. The first-order valence-corrected chi connectivity index (χ1v) is 10.1. The maximum Gasteiger partial charge on any atom is 0.431 e. The molecule has 0 N–H and O–H groups in total. The number of pyridine rings is 1. The van der Waals surface area contributed by atoms with Crippen molar-refractivity contribution in [2.45, 2.75) is 13.1 Å². The number of benzene rings is 1. The lowest BCUT2D eigenvalue weighted by molar-refractivity contribution is -0.145. The molecule has 0 aliphatic carbocycles. The Balaban J connectivity index is 2.06. The van der Waals surface area contributed by atoms with Crippen LogP contribution in [0, 0.1) is 5.82 Å². The second-order valence-electron chi connectivity index (χ2n) is 6.75. The van der Waals surface area contributed by atoms with Gasteiger partial charge in [0.05, 0.1) is 6.61 Å². The molecule has 0 aliphatic rings. The summed E-state index contributed by atoms with van der Waals surface area (Å²) in [5.41, 5.74) is -5.28. The average Bonchev–Trinajstić information content (AvgIpc) is 2.79. The highest BCUT2D eigenvalue weighted by atomic mass is 35.5. The monoisotopic (exact) mass is 517 g/mol. The van der Waals surface area contributed by atoms with Crippen LogP contribution in [0.1, 0.15) is 12.6 Å². The first kappa shape index (κ1) is 25.7. The minimum atomic E-state index is -5.00. The number of esters is 1. The smallest absolute Gasteiger partial charge is 0.431 e. The van der Waals surface area contributed by atoms with Crippen molar-refractivity contribution < 1.29 is 36.6 Å². The number of nitrogens with zero attached hydrogens (tertiary/aromatic N) is 3. The molecule has 0 unspecified atom stereocenters. The summed E-state index contributed by atoms with van der Waals surface area (Å²) in [5.74, 6) is -2.38. The van der Waals surface area contributed by atoms with Crippen molar-refractivity contribution in [2.75, 3.05) is 13.2 Å². The molecular formula is C21H16ClF4N3O6. The Morgan fingerprint density at radius 3 is 2.54 bits per heavy atom. The molecule has 3 aromatic rings. The van der Waals surface area contributed by atoms with E-state index in [1.54, 1.807) is 6.92 Å². The van der Waals surface area contributed by atoms with Gasteiger partial charge in [-0.1, -0.05) is 11.6 Å². The summed E-state index contributed by atoms with van der Waals surface area (Å²) in [7, 11) is 0.774. The van der Waals surface area contributed by atoms with Gasteiger partial charge in [0.2, 0.25) is 0 Å². The van der Waals surface area contributed by atoms with E-state index < -0.39 is 52.2 Å². The third-order valence-corrected chi connectivity index (χ3v) is 4.82. The maximum atomic E-state index is 14.7. The molecule has 14 heteroatoms. The largest absolute Gasteiger partial charge is 0.463 e. The Kier molecular flexibility index (Phi) is 7.48. The molecule has 1 aromatic carbocycles. The Morgan fingerprint density at radius 1 is 1.17 bits per heavy atom. The van der Waals surface area contributed by atoms with Crippen LogP contribution < -0.4 is 20.7 Å². The molecule has 0 saturated heterocycles. The first-order valence-electron chi connectivity index (χ1n) is 9.75. The SMILES string of the molecule is CCOC(=O)COc1ncccc1Oc1ccc(F)c(-n2c(=O)cc(C(F)(F)F)n(C)c2=O)c1Cl. The number of ether oxygens (including phenoxy) is 3. The van der Waals surface area contributed by atoms with Crippen molar-refractivity contribution in [3.05, 3.63) is 73.9 Å². The van der Waals surface area contributed by atoms with Gasteiger partial charge in [0.25, 0.3) is 11.4 Å². The summed E-state index contributed by atoms with van der Waals surface area (Å²) < 4.78 is 70.0. The van der Waals surface area contributed by atoms with Gasteiger partial charge in [-0.05, 0) is 31.2 Å². The number of carbonyl (C=O) groups is 1. The van der Waals surface area contributed by atoms with Gasteiger partial charge < -0.3 is 14.2 Å². The van der Waals surface area contributed by atoms with Crippen LogP contribution in [-0.4, -0.2) is 33.3 Å². The summed E-state index contributed by atoms with van der Waals surface area (Å²) in [5, 5.41) is -0.593. The second kappa shape index (κ2) is 10.2. The number of rotatable bonds is 7. The highest BCUT2D eigenvalue weighted by Gasteiger charge is 2.35. The lowest BCUT2D eigenvalue weighted by Gasteiger charge is -2.17. The lowest BCUT2D eigenvalue weighted by Crippen LogP contribution is -2.41. The minimum Gasteiger partial charge on any atom is -0.463 e. The Hall–Kier alpha value is -3.87. The number of aromatic nitrogens is 3. The minimum absolute atomic E-state index is 0.0797. The van der Waals surface area contributed by atoms with Crippen LogP contribution in [0.4, 0.5) is 17.6 Å². The summed E-state index contributed by atoms with van der Waals surface area (Å²) >= 11 is 6.22. The number of alkyl halides is 3. The van der Waals surface area contributed by atoms with Crippen molar-refractivity contribution in [3.63, 3.8) is 0 Å². The van der Waals surface area contributed by atoms with Crippen LogP contribution in [0.15, 0.2) is 46.1 Å². The van der Waals surface area contributed by atoms with Crippen molar-refractivity contribution in [2.24, 2.45) is 7.05 Å². The molecule has 35 heavy (non-hydrogen) atoms. The van der Waals surface area contributed by atoms with Gasteiger partial charge in [-0.3, -0.25) is 9.36 Å². The van der Waals surface area contributed by atoms with E-state index in [4.69, 9.17) is 25.8 Å². The maximum absolute atomic E-state index is 14.7.